The van der Waals surface area contributed by atoms with Crippen molar-refractivity contribution in [3.05, 3.63) is 95.3 Å². The molecule has 0 amide bonds. The van der Waals surface area contributed by atoms with Crippen LogP contribution in [-0.2, 0) is 7.05 Å². The van der Waals surface area contributed by atoms with Crippen molar-refractivity contribution in [2.75, 3.05) is 13.2 Å². The van der Waals surface area contributed by atoms with E-state index in [0.717, 1.165) is 22.4 Å². The molecule has 0 aliphatic carbocycles. The van der Waals surface area contributed by atoms with E-state index in [1.807, 2.05) is 67.7 Å². The van der Waals surface area contributed by atoms with Gasteiger partial charge >= 0.3 is 0 Å². The van der Waals surface area contributed by atoms with Crippen molar-refractivity contribution < 1.29 is 10.2 Å². The predicted octanol–water partition coefficient (Wildman–Crippen LogP) is 3.27. The average molecular weight is 321 g/mol. The summed E-state index contributed by atoms with van der Waals surface area (Å²) < 4.78 is 2.05. The number of aliphatic hydroxyl groups is 2. The molecule has 3 aromatic rings. The standard InChI is InChI=1S/C21H23NO2/c1-22-13-18(19(14-23)16-8-4-2-5-9-16)12-21(22)20(15-24)17-10-6-3-7-11-17/h2-13,19-20,23-24H,14-15H2,1H3. The highest BCUT2D eigenvalue weighted by Gasteiger charge is 2.21. The summed E-state index contributed by atoms with van der Waals surface area (Å²) in [6.07, 6.45) is 2.05. The van der Waals surface area contributed by atoms with Gasteiger partial charge in [0, 0.05) is 30.8 Å². The number of hydrogen-bond acceptors (Lipinski definition) is 2. The van der Waals surface area contributed by atoms with Crippen molar-refractivity contribution in [3.63, 3.8) is 0 Å². The molecule has 0 fully saturated rings. The molecule has 0 saturated carbocycles. The average Bonchev–Trinajstić information content (AvgIpc) is 2.99. The second kappa shape index (κ2) is 7.47. The summed E-state index contributed by atoms with van der Waals surface area (Å²) >= 11 is 0. The van der Waals surface area contributed by atoms with E-state index in [9.17, 15) is 10.2 Å². The molecule has 1 aromatic heterocycles. The molecule has 1 heterocycles. The molecule has 3 nitrogen and oxygen atoms in total. The molecular weight excluding hydrogens is 298 g/mol. The molecule has 0 saturated heterocycles. The maximum absolute atomic E-state index is 9.92. The highest BCUT2D eigenvalue weighted by Crippen LogP contribution is 2.30. The highest BCUT2D eigenvalue weighted by atomic mass is 16.3. The molecule has 24 heavy (non-hydrogen) atoms. The van der Waals surface area contributed by atoms with Gasteiger partial charge in [0.25, 0.3) is 0 Å². The second-order valence-corrected chi connectivity index (χ2v) is 6.10. The summed E-state index contributed by atoms with van der Waals surface area (Å²) in [6.45, 7) is 0.110. The Balaban J connectivity index is 1.97. The van der Waals surface area contributed by atoms with Gasteiger partial charge in [-0.05, 0) is 22.8 Å². The zero-order valence-corrected chi connectivity index (χ0v) is 13.8. The molecular formula is C21H23NO2. The van der Waals surface area contributed by atoms with Gasteiger partial charge in [-0.15, -0.1) is 0 Å². The largest absolute Gasteiger partial charge is 0.395 e. The topological polar surface area (TPSA) is 45.4 Å². The molecule has 0 radical (unpaired) electrons. The Morgan fingerprint density at radius 1 is 0.750 bits per heavy atom. The van der Waals surface area contributed by atoms with E-state index in [4.69, 9.17) is 0 Å². The molecule has 3 rings (SSSR count). The number of aryl methyl sites for hydroxylation is 1. The molecule has 3 heteroatoms. The first-order valence-electron chi connectivity index (χ1n) is 8.22. The fourth-order valence-electron chi connectivity index (χ4n) is 3.29. The van der Waals surface area contributed by atoms with Crippen molar-refractivity contribution in [2.24, 2.45) is 7.05 Å². The maximum atomic E-state index is 9.92. The van der Waals surface area contributed by atoms with Crippen LogP contribution in [0.1, 0.15) is 34.2 Å². The Bertz CT molecular complexity index is 765. The van der Waals surface area contributed by atoms with Crippen LogP contribution >= 0.6 is 0 Å². The van der Waals surface area contributed by atoms with Gasteiger partial charge in [0.1, 0.15) is 0 Å². The van der Waals surface area contributed by atoms with Gasteiger partial charge in [-0.1, -0.05) is 60.7 Å². The van der Waals surface area contributed by atoms with Crippen molar-refractivity contribution in [1.82, 2.24) is 4.57 Å². The SMILES string of the molecule is Cn1cc(C(CO)c2ccccc2)cc1C(CO)c1ccccc1. The summed E-state index contributed by atoms with van der Waals surface area (Å²) in [6, 6.07) is 22.2. The lowest BCUT2D eigenvalue weighted by Gasteiger charge is -2.16. The van der Waals surface area contributed by atoms with E-state index >= 15 is 0 Å². The minimum Gasteiger partial charge on any atom is -0.395 e. The predicted molar refractivity (Wildman–Crippen MR) is 96.2 cm³/mol. The van der Waals surface area contributed by atoms with Crippen molar-refractivity contribution in [2.45, 2.75) is 11.8 Å². The van der Waals surface area contributed by atoms with Crippen LogP contribution in [0.25, 0.3) is 0 Å². The molecule has 0 spiro atoms. The number of nitrogens with zero attached hydrogens (tertiary/aromatic N) is 1. The Morgan fingerprint density at radius 3 is 1.75 bits per heavy atom. The van der Waals surface area contributed by atoms with Crippen molar-refractivity contribution in [1.29, 1.82) is 0 Å². The minimum absolute atomic E-state index is 0.0520. The van der Waals surface area contributed by atoms with Crippen LogP contribution in [0.2, 0.25) is 0 Å². The maximum Gasteiger partial charge on any atom is 0.0554 e. The first kappa shape index (κ1) is 16.5. The van der Waals surface area contributed by atoms with Gasteiger partial charge in [0.2, 0.25) is 0 Å². The molecule has 124 valence electrons. The fourth-order valence-corrected chi connectivity index (χ4v) is 3.29. The number of benzene rings is 2. The van der Waals surface area contributed by atoms with Gasteiger partial charge in [0.15, 0.2) is 0 Å². The van der Waals surface area contributed by atoms with Gasteiger partial charge < -0.3 is 14.8 Å². The summed E-state index contributed by atoms with van der Waals surface area (Å²) in [5, 5.41) is 19.8. The third-order valence-electron chi connectivity index (χ3n) is 4.59. The quantitative estimate of drug-likeness (QED) is 0.732. The van der Waals surface area contributed by atoms with E-state index in [0.29, 0.717) is 0 Å². The lowest BCUT2D eigenvalue weighted by atomic mass is 9.92. The van der Waals surface area contributed by atoms with Crippen LogP contribution in [0.15, 0.2) is 72.9 Å². The Hall–Kier alpha value is -2.36. The van der Waals surface area contributed by atoms with E-state index in [1.165, 1.54) is 0 Å². The Morgan fingerprint density at radius 2 is 1.25 bits per heavy atom. The van der Waals surface area contributed by atoms with Crippen LogP contribution < -0.4 is 0 Å². The third kappa shape index (κ3) is 3.28. The van der Waals surface area contributed by atoms with Crippen molar-refractivity contribution in [3.8, 4) is 0 Å². The smallest absolute Gasteiger partial charge is 0.0554 e. The van der Waals surface area contributed by atoms with Gasteiger partial charge in [-0.3, -0.25) is 0 Å². The molecule has 2 N–H and O–H groups in total. The number of aliphatic hydroxyl groups excluding tert-OH is 2. The summed E-state index contributed by atoms with van der Waals surface area (Å²) in [5.74, 6) is -0.124. The number of hydrogen-bond donors (Lipinski definition) is 2. The van der Waals surface area contributed by atoms with E-state index in [-0.39, 0.29) is 25.0 Å². The number of rotatable bonds is 6. The lowest BCUT2D eigenvalue weighted by Crippen LogP contribution is -2.09. The summed E-state index contributed by atoms with van der Waals surface area (Å²) in [4.78, 5) is 0. The summed E-state index contributed by atoms with van der Waals surface area (Å²) in [5.41, 5.74) is 4.30. The molecule has 2 aromatic carbocycles. The van der Waals surface area contributed by atoms with Gasteiger partial charge in [-0.2, -0.15) is 0 Å². The van der Waals surface area contributed by atoms with Crippen LogP contribution in [0.5, 0.6) is 0 Å². The molecule has 0 aliphatic rings. The zero-order chi connectivity index (χ0) is 16.9. The van der Waals surface area contributed by atoms with Crippen LogP contribution in [0, 0.1) is 0 Å². The first-order chi connectivity index (χ1) is 11.7. The molecule has 0 aliphatic heterocycles. The normalized spacial score (nSPS) is 13.6. The van der Waals surface area contributed by atoms with Crippen LogP contribution in [-0.4, -0.2) is 28.0 Å². The Kier molecular flexibility index (Phi) is 5.14. The van der Waals surface area contributed by atoms with E-state index in [1.54, 1.807) is 0 Å². The second-order valence-electron chi connectivity index (χ2n) is 6.10. The fraction of sp³-hybridized carbons (Fsp3) is 0.238. The van der Waals surface area contributed by atoms with Crippen LogP contribution in [0.3, 0.4) is 0 Å². The Labute approximate surface area is 142 Å². The lowest BCUT2D eigenvalue weighted by molar-refractivity contribution is 0.277. The summed E-state index contributed by atoms with van der Waals surface area (Å²) in [7, 11) is 1.99. The van der Waals surface area contributed by atoms with Crippen LogP contribution in [0.4, 0.5) is 0 Å². The molecule has 2 atom stereocenters. The molecule has 0 bridgehead atoms. The highest BCUT2D eigenvalue weighted by molar-refractivity contribution is 5.37. The van der Waals surface area contributed by atoms with E-state index < -0.39 is 0 Å². The van der Waals surface area contributed by atoms with Gasteiger partial charge in [-0.25, -0.2) is 0 Å². The molecule has 2 unspecified atom stereocenters. The zero-order valence-electron chi connectivity index (χ0n) is 13.8. The van der Waals surface area contributed by atoms with E-state index in [2.05, 4.69) is 16.8 Å². The monoisotopic (exact) mass is 321 g/mol. The number of aromatic nitrogens is 1. The third-order valence-corrected chi connectivity index (χ3v) is 4.59. The first-order valence-corrected chi connectivity index (χ1v) is 8.22. The minimum atomic E-state index is -0.0694. The van der Waals surface area contributed by atoms with Crippen molar-refractivity contribution >= 4 is 0 Å². The van der Waals surface area contributed by atoms with Gasteiger partial charge in [0.05, 0.1) is 13.2 Å².